The number of likely N-dealkylation sites (tertiary alicyclic amines) is 1. The zero-order valence-corrected chi connectivity index (χ0v) is 10.4. The van der Waals surface area contributed by atoms with E-state index in [1.807, 2.05) is 0 Å². The molecule has 1 unspecified atom stereocenters. The first-order valence-electron chi connectivity index (χ1n) is 6.42. The zero-order chi connectivity index (χ0) is 13.1. The molecule has 0 aromatic heterocycles. The molecule has 100 valence electrons. The maximum atomic E-state index is 12.2. The quantitative estimate of drug-likeness (QED) is 0.677. The predicted molar refractivity (Wildman–Crippen MR) is 64.2 cm³/mol. The van der Waals surface area contributed by atoms with E-state index in [0.29, 0.717) is 45.3 Å². The molecule has 0 radical (unpaired) electrons. The molecule has 1 atom stereocenters. The molecule has 0 spiro atoms. The molecular formula is C12H19N3O3. The summed E-state index contributed by atoms with van der Waals surface area (Å²) in [5.41, 5.74) is 5.26. The van der Waals surface area contributed by atoms with Crippen molar-refractivity contribution in [3.05, 3.63) is 0 Å². The highest BCUT2D eigenvalue weighted by molar-refractivity contribution is 5.84. The average Bonchev–Trinajstić information content (AvgIpc) is 2.39. The standard InChI is InChI=1S/C12H19N3O3/c13-11(17)8-3-5-15(6-4-8)12(18)9-1-2-10(16)14-7-9/h8-9H,1-7H2,(H2,13,17)(H,14,16). The Hall–Kier alpha value is -1.59. The second-order valence-corrected chi connectivity index (χ2v) is 5.04. The molecule has 6 nitrogen and oxygen atoms in total. The van der Waals surface area contributed by atoms with Gasteiger partial charge in [0.25, 0.3) is 0 Å². The van der Waals surface area contributed by atoms with E-state index in [0.717, 1.165) is 0 Å². The lowest BCUT2D eigenvalue weighted by molar-refractivity contribution is -0.140. The van der Waals surface area contributed by atoms with E-state index in [9.17, 15) is 14.4 Å². The van der Waals surface area contributed by atoms with Crippen LogP contribution in [0.1, 0.15) is 25.7 Å². The first kappa shape index (κ1) is 12.9. The third kappa shape index (κ3) is 2.80. The highest BCUT2D eigenvalue weighted by Crippen LogP contribution is 2.21. The maximum absolute atomic E-state index is 12.2. The number of carbonyl (C=O) groups excluding carboxylic acids is 3. The van der Waals surface area contributed by atoms with Gasteiger partial charge in [0.1, 0.15) is 0 Å². The fraction of sp³-hybridized carbons (Fsp3) is 0.750. The summed E-state index contributed by atoms with van der Waals surface area (Å²) < 4.78 is 0. The zero-order valence-electron chi connectivity index (χ0n) is 10.4. The van der Waals surface area contributed by atoms with E-state index >= 15 is 0 Å². The number of nitrogens with zero attached hydrogens (tertiary/aromatic N) is 1. The van der Waals surface area contributed by atoms with Gasteiger partial charge in [-0.25, -0.2) is 0 Å². The van der Waals surface area contributed by atoms with Crippen LogP contribution in [0.3, 0.4) is 0 Å². The van der Waals surface area contributed by atoms with E-state index in [-0.39, 0.29) is 29.6 Å². The van der Waals surface area contributed by atoms with Crippen LogP contribution in [0.4, 0.5) is 0 Å². The van der Waals surface area contributed by atoms with Crippen molar-refractivity contribution in [3.8, 4) is 0 Å². The molecule has 18 heavy (non-hydrogen) atoms. The van der Waals surface area contributed by atoms with Gasteiger partial charge in [0.15, 0.2) is 0 Å². The van der Waals surface area contributed by atoms with Gasteiger partial charge in [-0.05, 0) is 19.3 Å². The number of nitrogens with one attached hydrogen (secondary N) is 1. The molecule has 2 aliphatic rings. The van der Waals surface area contributed by atoms with Crippen LogP contribution in [0.15, 0.2) is 0 Å². The van der Waals surface area contributed by atoms with E-state index in [2.05, 4.69) is 5.32 Å². The third-order valence-electron chi connectivity index (χ3n) is 3.82. The van der Waals surface area contributed by atoms with Crippen LogP contribution in [-0.2, 0) is 14.4 Å². The smallest absolute Gasteiger partial charge is 0.227 e. The fourth-order valence-electron chi connectivity index (χ4n) is 2.59. The van der Waals surface area contributed by atoms with Gasteiger partial charge >= 0.3 is 0 Å². The topological polar surface area (TPSA) is 92.5 Å². The SMILES string of the molecule is NC(=O)C1CCN(C(=O)C2CCC(=O)NC2)CC1. The van der Waals surface area contributed by atoms with Crippen molar-refractivity contribution in [2.45, 2.75) is 25.7 Å². The van der Waals surface area contributed by atoms with Crippen LogP contribution in [0.2, 0.25) is 0 Å². The Morgan fingerprint density at radius 3 is 2.33 bits per heavy atom. The second kappa shape index (κ2) is 5.37. The molecule has 2 fully saturated rings. The fourth-order valence-corrected chi connectivity index (χ4v) is 2.59. The summed E-state index contributed by atoms with van der Waals surface area (Å²) >= 11 is 0. The van der Waals surface area contributed by atoms with Crippen molar-refractivity contribution in [3.63, 3.8) is 0 Å². The van der Waals surface area contributed by atoms with Gasteiger partial charge in [0, 0.05) is 32.0 Å². The summed E-state index contributed by atoms with van der Waals surface area (Å²) in [6.07, 6.45) is 2.36. The molecule has 3 amide bonds. The van der Waals surface area contributed by atoms with Crippen molar-refractivity contribution in [2.75, 3.05) is 19.6 Å². The Labute approximate surface area is 106 Å². The predicted octanol–water partition coefficient (Wildman–Crippen LogP) is -0.763. The molecule has 3 N–H and O–H groups in total. The number of amides is 3. The van der Waals surface area contributed by atoms with Crippen molar-refractivity contribution in [1.82, 2.24) is 10.2 Å². The number of nitrogens with two attached hydrogens (primary N) is 1. The van der Waals surface area contributed by atoms with Crippen LogP contribution >= 0.6 is 0 Å². The minimum absolute atomic E-state index is 0.0199. The monoisotopic (exact) mass is 253 g/mol. The Morgan fingerprint density at radius 1 is 1.17 bits per heavy atom. The van der Waals surface area contributed by atoms with Gasteiger partial charge < -0.3 is 16.0 Å². The van der Waals surface area contributed by atoms with Gasteiger partial charge in [0.05, 0.1) is 5.92 Å². The lowest BCUT2D eigenvalue weighted by atomic mass is 9.93. The Bertz CT molecular complexity index is 352. The van der Waals surface area contributed by atoms with Crippen molar-refractivity contribution < 1.29 is 14.4 Å². The van der Waals surface area contributed by atoms with Gasteiger partial charge in [0.2, 0.25) is 17.7 Å². The summed E-state index contributed by atoms with van der Waals surface area (Å²) in [6.45, 7) is 1.63. The molecule has 0 aromatic rings. The van der Waals surface area contributed by atoms with Crippen molar-refractivity contribution in [2.24, 2.45) is 17.6 Å². The minimum atomic E-state index is -0.271. The lowest BCUT2D eigenvalue weighted by Crippen LogP contribution is -2.48. The van der Waals surface area contributed by atoms with Crippen LogP contribution in [0, 0.1) is 11.8 Å². The molecule has 6 heteroatoms. The van der Waals surface area contributed by atoms with Gasteiger partial charge in [-0.2, -0.15) is 0 Å². The van der Waals surface area contributed by atoms with Crippen LogP contribution in [0.25, 0.3) is 0 Å². The average molecular weight is 253 g/mol. The summed E-state index contributed by atoms with van der Waals surface area (Å²) in [7, 11) is 0. The van der Waals surface area contributed by atoms with E-state index < -0.39 is 0 Å². The first-order valence-corrected chi connectivity index (χ1v) is 6.42. The highest BCUT2D eigenvalue weighted by atomic mass is 16.2. The van der Waals surface area contributed by atoms with E-state index in [4.69, 9.17) is 5.73 Å². The number of piperidine rings is 2. The molecule has 2 rings (SSSR count). The first-order chi connectivity index (χ1) is 8.58. The number of hydrogen-bond acceptors (Lipinski definition) is 3. The van der Waals surface area contributed by atoms with Crippen LogP contribution in [-0.4, -0.2) is 42.3 Å². The molecule has 0 aliphatic carbocycles. The molecular weight excluding hydrogens is 234 g/mol. The maximum Gasteiger partial charge on any atom is 0.227 e. The molecule has 2 saturated heterocycles. The summed E-state index contributed by atoms with van der Waals surface area (Å²) in [5, 5.41) is 2.72. The van der Waals surface area contributed by atoms with E-state index in [1.54, 1.807) is 4.90 Å². The van der Waals surface area contributed by atoms with Gasteiger partial charge in [-0.3, -0.25) is 14.4 Å². The van der Waals surface area contributed by atoms with Crippen molar-refractivity contribution in [1.29, 1.82) is 0 Å². The summed E-state index contributed by atoms with van der Waals surface area (Å²) in [5.74, 6) is -0.357. The largest absolute Gasteiger partial charge is 0.369 e. The second-order valence-electron chi connectivity index (χ2n) is 5.04. The summed E-state index contributed by atoms with van der Waals surface area (Å²) in [6, 6.07) is 0. The third-order valence-corrected chi connectivity index (χ3v) is 3.82. The number of rotatable bonds is 2. The minimum Gasteiger partial charge on any atom is -0.369 e. The highest BCUT2D eigenvalue weighted by Gasteiger charge is 2.31. The number of carbonyl (C=O) groups is 3. The summed E-state index contributed by atoms with van der Waals surface area (Å²) in [4.78, 5) is 36.1. The van der Waals surface area contributed by atoms with Crippen molar-refractivity contribution >= 4 is 17.7 Å². The normalized spacial score (nSPS) is 25.7. The molecule has 2 heterocycles. The molecule has 0 bridgehead atoms. The molecule has 2 aliphatic heterocycles. The molecule has 0 saturated carbocycles. The van der Waals surface area contributed by atoms with Gasteiger partial charge in [-0.1, -0.05) is 0 Å². The van der Waals surface area contributed by atoms with Gasteiger partial charge in [-0.15, -0.1) is 0 Å². The van der Waals surface area contributed by atoms with Crippen LogP contribution in [0.5, 0.6) is 0 Å². The lowest BCUT2D eigenvalue weighted by Gasteiger charge is -2.34. The number of primary amides is 1. The Kier molecular flexibility index (Phi) is 3.84. The molecule has 0 aromatic carbocycles. The number of hydrogen-bond donors (Lipinski definition) is 2. The Balaban J connectivity index is 1.84. The van der Waals surface area contributed by atoms with E-state index in [1.165, 1.54) is 0 Å². The Morgan fingerprint density at radius 2 is 1.83 bits per heavy atom. The van der Waals surface area contributed by atoms with Crippen LogP contribution < -0.4 is 11.1 Å².